The van der Waals surface area contributed by atoms with Crippen LogP contribution in [-0.4, -0.2) is 29.0 Å². The number of likely N-dealkylation sites (tertiary alicyclic amines) is 1. The van der Waals surface area contributed by atoms with Crippen molar-refractivity contribution >= 4 is 17.2 Å². The summed E-state index contributed by atoms with van der Waals surface area (Å²) < 4.78 is 0. The number of aromatic nitrogens is 1. The molecule has 3 heteroatoms. The van der Waals surface area contributed by atoms with Gasteiger partial charge < -0.3 is 0 Å². The third-order valence-corrected chi connectivity index (χ3v) is 7.49. The zero-order valence-corrected chi connectivity index (χ0v) is 21.4. The maximum absolute atomic E-state index is 5.99. The average molecular weight is 481 g/mol. The van der Waals surface area contributed by atoms with Crippen molar-refractivity contribution in [1.29, 1.82) is 0 Å². The highest BCUT2D eigenvalue weighted by Crippen LogP contribution is 2.32. The molecule has 3 atom stereocenters. The Balaban J connectivity index is 1.26. The standard InChI is InChI=1S/C32H33ClN2/c1-23-18-24(2)22-35(21-23)32-5-3-4-28(19-32)26-9-6-25(7-10-26)8-16-31-17-13-29(20-34-31)27-11-14-30(33)15-12-27/h6-7,9-15,17,19-20,23-24,32H,3-5,18,21-22H2,1-2H3. The number of nitrogens with zero attached hydrogens (tertiary/aromatic N) is 2. The normalized spacial score (nSPS) is 22.7. The number of pyridine rings is 1. The van der Waals surface area contributed by atoms with Gasteiger partial charge in [0.2, 0.25) is 0 Å². The van der Waals surface area contributed by atoms with Crippen molar-refractivity contribution in [3.63, 3.8) is 0 Å². The number of rotatable bonds is 3. The smallest absolute Gasteiger partial charge is 0.113 e. The monoisotopic (exact) mass is 480 g/mol. The lowest BCUT2D eigenvalue weighted by Crippen LogP contribution is -2.45. The van der Waals surface area contributed by atoms with Crippen molar-refractivity contribution in [3.8, 4) is 23.0 Å². The molecule has 35 heavy (non-hydrogen) atoms. The van der Waals surface area contributed by atoms with Gasteiger partial charge in [-0.25, -0.2) is 4.98 Å². The Bertz CT molecular complexity index is 1220. The second-order valence-corrected chi connectivity index (χ2v) is 10.8. The van der Waals surface area contributed by atoms with Gasteiger partial charge in [-0.3, -0.25) is 4.90 Å². The van der Waals surface area contributed by atoms with Gasteiger partial charge in [0.05, 0.1) is 0 Å². The third-order valence-electron chi connectivity index (χ3n) is 7.24. The zero-order valence-electron chi connectivity index (χ0n) is 20.7. The molecule has 2 aromatic carbocycles. The summed E-state index contributed by atoms with van der Waals surface area (Å²) >= 11 is 5.99. The van der Waals surface area contributed by atoms with Crippen LogP contribution in [0.15, 0.2) is 72.9 Å². The molecule has 5 rings (SSSR count). The molecule has 1 saturated heterocycles. The molecule has 1 aromatic heterocycles. The lowest BCUT2D eigenvalue weighted by Gasteiger charge is -2.40. The minimum absolute atomic E-state index is 0.588. The van der Waals surface area contributed by atoms with E-state index in [1.54, 1.807) is 0 Å². The Morgan fingerprint density at radius 2 is 1.51 bits per heavy atom. The number of benzene rings is 2. The summed E-state index contributed by atoms with van der Waals surface area (Å²) in [7, 11) is 0. The van der Waals surface area contributed by atoms with Crippen LogP contribution in [0.2, 0.25) is 5.02 Å². The summed E-state index contributed by atoms with van der Waals surface area (Å²) in [5.41, 5.74) is 6.78. The van der Waals surface area contributed by atoms with E-state index < -0.39 is 0 Å². The molecule has 0 spiro atoms. The fourth-order valence-electron chi connectivity index (χ4n) is 5.60. The molecule has 0 N–H and O–H groups in total. The van der Waals surface area contributed by atoms with Crippen molar-refractivity contribution in [2.75, 3.05) is 13.1 Å². The van der Waals surface area contributed by atoms with Crippen LogP contribution in [0, 0.1) is 23.7 Å². The predicted molar refractivity (Wildman–Crippen MR) is 147 cm³/mol. The Hall–Kier alpha value is -2.86. The molecule has 2 nitrogen and oxygen atoms in total. The van der Waals surface area contributed by atoms with Crippen LogP contribution in [0.3, 0.4) is 0 Å². The molecule has 0 saturated carbocycles. The molecular formula is C32H33ClN2. The van der Waals surface area contributed by atoms with Crippen LogP contribution >= 0.6 is 11.6 Å². The molecule has 3 aromatic rings. The first kappa shape index (κ1) is 23.9. The summed E-state index contributed by atoms with van der Waals surface area (Å²) in [6.45, 7) is 7.28. The molecule has 178 valence electrons. The summed E-state index contributed by atoms with van der Waals surface area (Å²) in [5, 5.41) is 0.737. The Labute approximate surface area is 215 Å². The van der Waals surface area contributed by atoms with Gasteiger partial charge in [-0.1, -0.05) is 67.8 Å². The van der Waals surface area contributed by atoms with E-state index in [4.69, 9.17) is 11.6 Å². The fraction of sp³-hybridized carbons (Fsp3) is 0.344. The Kier molecular flexibility index (Phi) is 7.37. The largest absolute Gasteiger partial charge is 0.296 e. The van der Waals surface area contributed by atoms with Crippen molar-refractivity contribution in [1.82, 2.24) is 9.88 Å². The van der Waals surface area contributed by atoms with Gasteiger partial charge >= 0.3 is 0 Å². The average Bonchev–Trinajstić information content (AvgIpc) is 2.88. The van der Waals surface area contributed by atoms with Crippen LogP contribution in [0.1, 0.15) is 56.4 Å². The number of hydrogen-bond donors (Lipinski definition) is 0. The summed E-state index contributed by atoms with van der Waals surface area (Å²) in [5.74, 6) is 8.08. The molecule has 0 radical (unpaired) electrons. The molecular weight excluding hydrogens is 448 g/mol. The SMILES string of the molecule is CC1CC(C)CN(C2C=C(c3ccc(C#Cc4ccc(-c5ccc(Cl)cc5)cn4)cc3)CCC2)C1. The van der Waals surface area contributed by atoms with E-state index in [-0.39, 0.29) is 0 Å². The van der Waals surface area contributed by atoms with E-state index in [1.807, 2.05) is 36.5 Å². The Morgan fingerprint density at radius 3 is 2.20 bits per heavy atom. The van der Waals surface area contributed by atoms with E-state index in [2.05, 4.69) is 72.0 Å². The molecule has 0 bridgehead atoms. The van der Waals surface area contributed by atoms with Crippen LogP contribution in [0.25, 0.3) is 16.7 Å². The van der Waals surface area contributed by atoms with Crippen LogP contribution in [-0.2, 0) is 0 Å². The van der Waals surface area contributed by atoms with Crippen LogP contribution in [0.5, 0.6) is 0 Å². The van der Waals surface area contributed by atoms with Crippen LogP contribution < -0.4 is 0 Å². The first-order valence-electron chi connectivity index (χ1n) is 12.8. The minimum Gasteiger partial charge on any atom is -0.296 e. The molecule has 3 unspecified atom stereocenters. The van der Waals surface area contributed by atoms with Gasteiger partial charge in [0.25, 0.3) is 0 Å². The fourth-order valence-corrected chi connectivity index (χ4v) is 5.72. The first-order chi connectivity index (χ1) is 17.0. The van der Waals surface area contributed by atoms with Gasteiger partial charge in [0.15, 0.2) is 0 Å². The van der Waals surface area contributed by atoms with E-state index in [9.17, 15) is 0 Å². The number of piperidine rings is 1. The predicted octanol–water partition coefficient (Wildman–Crippen LogP) is 7.72. The Morgan fingerprint density at radius 1 is 0.829 bits per heavy atom. The maximum Gasteiger partial charge on any atom is 0.113 e. The van der Waals surface area contributed by atoms with Crippen molar-refractivity contribution in [3.05, 3.63) is 94.8 Å². The highest BCUT2D eigenvalue weighted by atomic mass is 35.5. The lowest BCUT2D eigenvalue weighted by molar-refractivity contribution is 0.108. The van der Waals surface area contributed by atoms with Crippen molar-refractivity contribution in [2.24, 2.45) is 11.8 Å². The highest BCUT2D eigenvalue weighted by molar-refractivity contribution is 6.30. The van der Waals surface area contributed by atoms with Crippen LogP contribution in [0.4, 0.5) is 0 Å². The molecule has 2 aliphatic rings. The third kappa shape index (κ3) is 6.04. The molecule has 0 amide bonds. The molecule has 1 fully saturated rings. The van der Waals surface area contributed by atoms with Gasteiger partial charge in [-0.15, -0.1) is 0 Å². The van der Waals surface area contributed by atoms with Gasteiger partial charge in [-0.05, 0) is 90.5 Å². The first-order valence-corrected chi connectivity index (χ1v) is 13.2. The van der Waals surface area contributed by atoms with Gasteiger partial charge in [-0.2, -0.15) is 0 Å². The van der Waals surface area contributed by atoms with Crippen molar-refractivity contribution < 1.29 is 0 Å². The zero-order chi connectivity index (χ0) is 24.2. The lowest BCUT2D eigenvalue weighted by atomic mass is 9.86. The highest BCUT2D eigenvalue weighted by Gasteiger charge is 2.28. The quantitative estimate of drug-likeness (QED) is 0.357. The minimum atomic E-state index is 0.588. The summed E-state index contributed by atoms with van der Waals surface area (Å²) in [4.78, 5) is 7.25. The molecule has 2 heterocycles. The van der Waals surface area contributed by atoms with E-state index in [1.165, 1.54) is 49.9 Å². The van der Waals surface area contributed by atoms with Crippen molar-refractivity contribution in [2.45, 2.75) is 45.6 Å². The molecule has 1 aliphatic carbocycles. The second kappa shape index (κ2) is 10.8. The summed E-state index contributed by atoms with van der Waals surface area (Å²) in [6, 6.07) is 21.2. The summed E-state index contributed by atoms with van der Waals surface area (Å²) in [6.07, 6.45) is 9.51. The maximum atomic E-state index is 5.99. The molecule has 1 aliphatic heterocycles. The topological polar surface area (TPSA) is 16.1 Å². The van der Waals surface area contributed by atoms with E-state index in [0.29, 0.717) is 6.04 Å². The van der Waals surface area contributed by atoms with Gasteiger partial charge in [0.1, 0.15) is 5.69 Å². The van der Waals surface area contributed by atoms with E-state index in [0.717, 1.165) is 39.2 Å². The number of allylic oxidation sites excluding steroid dienone is 1. The second-order valence-electron chi connectivity index (χ2n) is 10.3. The van der Waals surface area contributed by atoms with Gasteiger partial charge in [0, 0.05) is 41.5 Å². The number of halogens is 1. The number of hydrogen-bond acceptors (Lipinski definition) is 2. The van der Waals surface area contributed by atoms with E-state index >= 15 is 0 Å².